The van der Waals surface area contributed by atoms with Crippen molar-refractivity contribution in [2.45, 2.75) is 19.3 Å². The molecule has 2 heterocycles. The highest BCUT2D eigenvalue weighted by Gasteiger charge is 2.37. The highest BCUT2D eigenvalue weighted by atomic mass is 32.1. The molecule has 0 atom stereocenters. The molecule has 2 aromatic heterocycles. The largest absolute Gasteiger partial charge is 0.294 e. The minimum Gasteiger partial charge on any atom is -0.294 e. The van der Waals surface area contributed by atoms with Crippen LogP contribution in [0, 0.1) is 0 Å². The molecule has 1 aliphatic rings. The van der Waals surface area contributed by atoms with E-state index < -0.39 is 0 Å². The molecule has 0 bridgehead atoms. The van der Waals surface area contributed by atoms with Gasteiger partial charge in [0.2, 0.25) is 0 Å². The molecule has 11 rings (SSSR count). The van der Waals surface area contributed by atoms with Gasteiger partial charge in [-0.05, 0) is 85.8 Å². The molecule has 10 aromatic rings. The number of benzene rings is 8. The molecule has 0 radical (unpaired) electrons. The van der Waals surface area contributed by atoms with E-state index >= 15 is 0 Å². The van der Waals surface area contributed by atoms with E-state index in [1.807, 2.05) is 11.3 Å². The molecule has 250 valence electrons. The molecular weight excluding hydrogens is 661 g/mol. The number of nitrogens with zero attached hydrogens (tertiary/aromatic N) is 2. The van der Waals surface area contributed by atoms with Crippen molar-refractivity contribution in [2.24, 2.45) is 0 Å². The van der Waals surface area contributed by atoms with Crippen molar-refractivity contribution in [2.75, 3.05) is 4.90 Å². The first-order valence-electron chi connectivity index (χ1n) is 18.3. The number of thiophene rings is 1. The van der Waals surface area contributed by atoms with Gasteiger partial charge in [-0.1, -0.05) is 147 Å². The third-order valence-electron chi connectivity index (χ3n) is 11.5. The van der Waals surface area contributed by atoms with E-state index in [0.29, 0.717) is 0 Å². The van der Waals surface area contributed by atoms with E-state index in [1.54, 1.807) is 0 Å². The van der Waals surface area contributed by atoms with Crippen LogP contribution >= 0.6 is 11.3 Å². The van der Waals surface area contributed by atoms with Gasteiger partial charge in [0, 0.05) is 42.4 Å². The van der Waals surface area contributed by atoms with Crippen LogP contribution in [-0.4, -0.2) is 4.98 Å². The number of anilines is 3. The highest BCUT2D eigenvalue weighted by molar-refractivity contribution is 7.26. The van der Waals surface area contributed by atoms with Crippen LogP contribution in [0.3, 0.4) is 0 Å². The lowest BCUT2D eigenvalue weighted by Gasteiger charge is -2.28. The molecule has 0 spiro atoms. The van der Waals surface area contributed by atoms with Crippen LogP contribution in [0.25, 0.3) is 75.2 Å². The van der Waals surface area contributed by atoms with E-state index in [1.165, 1.54) is 80.7 Å². The Labute approximate surface area is 312 Å². The van der Waals surface area contributed by atoms with Crippen molar-refractivity contribution in [3.8, 4) is 33.5 Å². The number of hydrogen-bond acceptors (Lipinski definition) is 3. The lowest BCUT2D eigenvalue weighted by molar-refractivity contribution is 0.660. The molecule has 0 aliphatic heterocycles. The highest BCUT2D eigenvalue weighted by Crippen LogP contribution is 2.54. The van der Waals surface area contributed by atoms with Crippen LogP contribution < -0.4 is 4.90 Å². The van der Waals surface area contributed by atoms with E-state index in [2.05, 4.69) is 189 Å². The van der Waals surface area contributed by atoms with Gasteiger partial charge in [-0.2, -0.15) is 0 Å². The second-order valence-electron chi connectivity index (χ2n) is 14.7. The summed E-state index contributed by atoms with van der Waals surface area (Å²) in [4.78, 5) is 7.93. The van der Waals surface area contributed by atoms with Crippen molar-refractivity contribution in [3.05, 3.63) is 181 Å². The van der Waals surface area contributed by atoms with Crippen LogP contribution in [0.1, 0.15) is 25.0 Å². The van der Waals surface area contributed by atoms with Crippen molar-refractivity contribution in [3.63, 3.8) is 0 Å². The summed E-state index contributed by atoms with van der Waals surface area (Å²) in [7, 11) is 0. The van der Waals surface area contributed by atoms with Gasteiger partial charge >= 0.3 is 0 Å². The average Bonchev–Trinajstić information content (AvgIpc) is 3.72. The first-order valence-corrected chi connectivity index (χ1v) is 19.1. The minimum atomic E-state index is -0.114. The second kappa shape index (κ2) is 11.4. The van der Waals surface area contributed by atoms with Crippen LogP contribution in [0.5, 0.6) is 0 Å². The van der Waals surface area contributed by atoms with Crippen molar-refractivity contribution < 1.29 is 0 Å². The molecule has 0 unspecified atom stereocenters. The van der Waals surface area contributed by atoms with Gasteiger partial charge in [0.1, 0.15) is 5.82 Å². The SMILES string of the molecule is CC1(C)c2ccccc2-c2c(N(c3ccc(-c4ccccc4)cc3)c3cccc(-c4ccc5c6ccccc6c6cccc7sc4c5c76)n3)cccc21. The van der Waals surface area contributed by atoms with Gasteiger partial charge in [-0.3, -0.25) is 4.90 Å². The molecule has 2 nitrogen and oxygen atoms in total. The number of aromatic nitrogens is 1. The summed E-state index contributed by atoms with van der Waals surface area (Å²) in [5.74, 6) is 0.891. The molecule has 0 N–H and O–H groups in total. The van der Waals surface area contributed by atoms with Gasteiger partial charge in [-0.25, -0.2) is 4.98 Å². The summed E-state index contributed by atoms with van der Waals surface area (Å²) in [6.45, 7) is 4.69. The van der Waals surface area contributed by atoms with Crippen molar-refractivity contribution >= 4 is 70.2 Å². The van der Waals surface area contributed by atoms with Gasteiger partial charge in [0.05, 0.1) is 11.4 Å². The fraction of sp³-hybridized carbons (Fsp3) is 0.0600. The van der Waals surface area contributed by atoms with E-state index in [0.717, 1.165) is 22.9 Å². The number of rotatable bonds is 5. The number of hydrogen-bond donors (Lipinski definition) is 0. The lowest BCUT2D eigenvalue weighted by Crippen LogP contribution is -2.16. The number of pyridine rings is 1. The second-order valence-corrected chi connectivity index (χ2v) is 15.7. The topological polar surface area (TPSA) is 16.1 Å². The first-order chi connectivity index (χ1) is 26.1. The quantitative estimate of drug-likeness (QED) is 0.167. The maximum absolute atomic E-state index is 5.56. The zero-order chi connectivity index (χ0) is 35.3. The summed E-state index contributed by atoms with van der Waals surface area (Å²) in [6.07, 6.45) is 0. The predicted octanol–water partition coefficient (Wildman–Crippen LogP) is 14.3. The Balaban J connectivity index is 1.14. The molecule has 3 heteroatoms. The fourth-order valence-corrected chi connectivity index (χ4v) is 10.2. The van der Waals surface area contributed by atoms with Crippen LogP contribution in [0.2, 0.25) is 0 Å². The van der Waals surface area contributed by atoms with E-state index in [9.17, 15) is 0 Å². The number of fused-ring (bicyclic) bond motifs is 6. The third kappa shape index (κ3) is 4.41. The standard InChI is InChI=1S/C50H34N2S/c1-50(2)40-19-9-8-17-38(40)46-41(50)20-11-22-43(46)52(33-27-25-32(26-28-33)31-13-4-3-5-14-31)45-24-12-21-42(51-45)39-30-29-37-35-16-7-6-15-34(35)36-18-10-23-44-47(36)48(37)49(39)53-44/h3-30H,1-2H3. The summed E-state index contributed by atoms with van der Waals surface area (Å²) in [5.41, 5.74) is 11.9. The van der Waals surface area contributed by atoms with Crippen LogP contribution in [0.15, 0.2) is 170 Å². The maximum Gasteiger partial charge on any atom is 0.138 e. The van der Waals surface area contributed by atoms with Crippen molar-refractivity contribution in [1.82, 2.24) is 4.98 Å². The first kappa shape index (κ1) is 30.3. The Bertz CT molecular complexity index is 3030. The Kier molecular flexibility index (Phi) is 6.50. The smallest absolute Gasteiger partial charge is 0.138 e. The van der Waals surface area contributed by atoms with Gasteiger partial charge < -0.3 is 0 Å². The predicted molar refractivity (Wildman–Crippen MR) is 226 cm³/mol. The molecule has 8 aromatic carbocycles. The summed E-state index contributed by atoms with van der Waals surface area (Å²) >= 11 is 1.88. The Morgan fingerprint density at radius 3 is 1.98 bits per heavy atom. The molecule has 0 amide bonds. The molecular formula is C50H34N2S. The zero-order valence-corrected chi connectivity index (χ0v) is 30.3. The minimum absolute atomic E-state index is 0.114. The fourth-order valence-electron chi connectivity index (χ4n) is 8.97. The van der Waals surface area contributed by atoms with Crippen molar-refractivity contribution in [1.29, 1.82) is 0 Å². The molecule has 53 heavy (non-hydrogen) atoms. The maximum atomic E-state index is 5.56. The lowest BCUT2D eigenvalue weighted by atomic mass is 9.82. The van der Waals surface area contributed by atoms with E-state index in [4.69, 9.17) is 4.98 Å². The Hall–Kier alpha value is -6.29. The van der Waals surface area contributed by atoms with Gasteiger partial charge in [0.25, 0.3) is 0 Å². The molecule has 1 aliphatic carbocycles. The molecule has 0 fully saturated rings. The third-order valence-corrected chi connectivity index (χ3v) is 12.6. The molecule has 0 saturated carbocycles. The molecule has 0 saturated heterocycles. The normalized spacial score (nSPS) is 13.2. The average molecular weight is 695 g/mol. The Morgan fingerprint density at radius 2 is 1.15 bits per heavy atom. The summed E-state index contributed by atoms with van der Waals surface area (Å²) < 4.78 is 2.61. The zero-order valence-electron chi connectivity index (χ0n) is 29.5. The van der Waals surface area contributed by atoms with Gasteiger partial charge in [-0.15, -0.1) is 11.3 Å². The monoisotopic (exact) mass is 694 g/mol. The van der Waals surface area contributed by atoms with Gasteiger partial charge in [0.15, 0.2) is 0 Å². The summed E-state index contributed by atoms with van der Waals surface area (Å²) in [5, 5.41) is 7.95. The Morgan fingerprint density at radius 1 is 0.491 bits per heavy atom. The summed E-state index contributed by atoms with van der Waals surface area (Å²) in [6, 6.07) is 61.9. The van der Waals surface area contributed by atoms with Crippen LogP contribution in [0.4, 0.5) is 17.2 Å². The van der Waals surface area contributed by atoms with E-state index in [-0.39, 0.29) is 5.41 Å². The van der Waals surface area contributed by atoms with Crippen LogP contribution in [-0.2, 0) is 5.41 Å².